The number of fused-ring (bicyclic) bond motifs is 3. The van der Waals surface area contributed by atoms with Gasteiger partial charge in [-0.05, 0) is 30.9 Å². The van der Waals surface area contributed by atoms with Crippen LogP contribution in [0.25, 0.3) is 10.9 Å². The number of hydrogen-bond acceptors (Lipinski definition) is 3. The van der Waals surface area contributed by atoms with Gasteiger partial charge in [-0.15, -0.1) is 0 Å². The van der Waals surface area contributed by atoms with Crippen LogP contribution in [0.2, 0.25) is 0 Å². The Balaban J connectivity index is 1.73. The molecule has 23 heavy (non-hydrogen) atoms. The number of para-hydroxylation sites is 1. The number of hydrogen-bond donors (Lipinski definition) is 1. The quantitative estimate of drug-likeness (QED) is 0.788. The maximum atomic E-state index is 5.44. The lowest BCUT2D eigenvalue weighted by atomic mass is 9.90. The second-order valence-electron chi connectivity index (χ2n) is 6.91. The first-order valence-electron chi connectivity index (χ1n) is 8.39. The molecule has 3 aromatic rings. The Morgan fingerprint density at radius 3 is 2.91 bits per heavy atom. The lowest BCUT2D eigenvalue weighted by molar-refractivity contribution is 0.120. The highest BCUT2D eigenvalue weighted by atomic mass is 16.5. The van der Waals surface area contributed by atoms with Crippen molar-refractivity contribution in [3.05, 3.63) is 53.0 Å². The molecule has 2 aromatic heterocycles. The van der Waals surface area contributed by atoms with Gasteiger partial charge in [-0.3, -0.25) is 4.90 Å². The normalized spacial score (nSPS) is 18.7. The van der Waals surface area contributed by atoms with Crippen LogP contribution in [0.5, 0.6) is 0 Å². The van der Waals surface area contributed by atoms with Crippen LogP contribution in [-0.4, -0.2) is 21.6 Å². The molecule has 1 N–H and O–H groups in total. The Bertz CT molecular complexity index is 830. The molecule has 1 aliphatic rings. The Morgan fingerprint density at radius 1 is 1.35 bits per heavy atom. The average Bonchev–Trinajstić information content (AvgIpc) is 3.09. The van der Waals surface area contributed by atoms with E-state index in [1.165, 1.54) is 22.2 Å². The van der Waals surface area contributed by atoms with E-state index in [0.29, 0.717) is 12.0 Å². The number of rotatable bonds is 3. The molecular weight excluding hydrogens is 286 g/mol. The summed E-state index contributed by atoms with van der Waals surface area (Å²) < 4.78 is 5.44. The maximum Gasteiger partial charge on any atom is 0.150 e. The van der Waals surface area contributed by atoms with Crippen LogP contribution >= 0.6 is 0 Å². The fourth-order valence-electron chi connectivity index (χ4n) is 3.94. The van der Waals surface area contributed by atoms with Crippen molar-refractivity contribution in [1.29, 1.82) is 0 Å². The van der Waals surface area contributed by atoms with Crippen molar-refractivity contribution in [2.24, 2.45) is 5.92 Å². The summed E-state index contributed by atoms with van der Waals surface area (Å²) in [4.78, 5) is 6.20. The maximum absolute atomic E-state index is 5.44. The van der Waals surface area contributed by atoms with Gasteiger partial charge in [0.05, 0.1) is 18.3 Å². The number of aryl methyl sites for hydroxylation is 1. The molecule has 120 valence electrons. The van der Waals surface area contributed by atoms with E-state index in [1.54, 1.807) is 0 Å². The van der Waals surface area contributed by atoms with Crippen molar-refractivity contribution in [2.45, 2.75) is 39.8 Å². The molecule has 1 aliphatic heterocycles. The van der Waals surface area contributed by atoms with E-state index in [4.69, 9.17) is 4.52 Å². The molecule has 4 heteroatoms. The van der Waals surface area contributed by atoms with Crippen molar-refractivity contribution in [1.82, 2.24) is 15.0 Å². The second kappa shape index (κ2) is 5.53. The Labute approximate surface area is 136 Å². The highest BCUT2D eigenvalue weighted by Crippen LogP contribution is 2.39. The first-order chi connectivity index (χ1) is 11.1. The van der Waals surface area contributed by atoms with Crippen LogP contribution in [0.1, 0.15) is 42.6 Å². The molecule has 0 fully saturated rings. The van der Waals surface area contributed by atoms with Gasteiger partial charge in [0.25, 0.3) is 0 Å². The van der Waals surface area contributed by atoms with E-state index in [0.717, 1.165) is 31.0 Å². The van der Waals surface area contributed by atoms with Gasteiger partial charge >= 0.3 is 0 Å². The van der Waals surface area contributed by atoms with Gasteiger partial charge in [0.1, 0.15) is 0 Å². The minimum Gasteiger partial charge on any atom is -0.360 e. The Hall–Kier alpha value is -2.07. The zero-order valence-electron chi connectivity index (χ0n) is 14.0. The van der Waals surface area contributed by atoms with E-state index in [-0.39, 0.29) is 0 Å². The molecule has 0 aliphatic carbocycles. The summed E-state index contributed by atoms with van der Waals surface area (Å²) in [5.41, 5.74) is 5.07. The minimum absolute atomic E-state index is 0.386. The average molecular weight is 309 g/mol. The van der Waals surface area contributed by atoms with E-state index in [9.17, 15) is 0 Å². The number of H-pyrrole nitrogens is 1. The van der Waals surface area contributed by atoms with Gasteiger partial charge in [-0.25, -0.2) is 0 Å². The molecule has 0 spiro atoms. The molecule has 4 rings (SSSR count). The lowest BCUT2D eigenvalue weighted by Crippen LogP contribution is -2.37. The SMILES string of the molecule is Cc1cc(CN2CCc3c([nH]c4ccccc34)C2C(C)C)on1. The predicted molar refractivity (Wildman–Crippen MR) is 91.2 cm³/mol. The van der Waals surface area contributed by atoms with Crippen LogP contribution in [0.3, 0.4) is 0 Å². The highest BCUT2D eigenvalue weighted by molar-refractivity contribution is 5.85. The fourth-order valence-corrected chi connectivity index (χ4v) is 3.94. The van der Waals surface area contributed by atoms with E-state index in [1.807, 2.05) is 13.0 Å². The summed E-state index contributed by atoms with van der Waals surface area (Å²) in [6.07, 6.45) is 1.08. The van der Waals surface area contributed by atoms with Crippen LogP contribution in [0.15, 0.2) is 34.9 Å². The van der Waals surface area contributed by atoms with Crippen molar-refractivity contribution < 1.29 is 4.52 Å². The molecule has 1 aromatic carbocycles. The van der Waals surface area contributed by atoms with Crippen molar-refractivity contribution in [3.63, 3.8) is 0 Å². The number of aromatic nitrogens is 2. The number of benzene rings is 1. The summed E-state index contributed by atoms with van der Waals surface area (Å²) in [5, 5.41) is 5.40. The van der Waals surface area contributed by atoms with Crippen molar-refractivity contribution in [2.75, 3.05) is 6.54 Å². The second-order valence-corrected chi connectivity index (χ2v) is 6.91. The zero-order valence-corrected chi connectivity index (χ0v) is 14.0. The van der Waals surface area contributed by atoms with Crippen LogP contribution in [-0.2, 0) is 13.0 Å². The summed E-state index contributed by atoms with van der Waals surface area (Å²) in [5.74, 6) is 1.49. The number of nitrogens with zero attached hydrogens (tertiary/aromatic N) is 2. The molecule has 0 radical (unpaired) electrons. The monoisotopic (exact) mass is 309 g/mol. The topological polar surface area (TPSA) is 45.1 Å². The van der Waals surface area contributed by atoms with Crippen molar-refractivity contribution in [3.8, 4) is 0 Å². The first kappa shape index (κ1) is 14.5. The van der Waals surface area contributed by atoms with Gasteiger partial charge in [0, 0.05) is 29.2 Å². The molecule has 0 bridgehead atoms. The Kier molecular flexibility index (Phi) is 3.49. The predicted octanol–water partition coefficient (Wildman–Crippen LogP) is 4.22. The third kappa shape index (κ3) is 2.47. The van der Waals surface area contributed by atoms with Gasteiger partial charge in [0.15, 0.2) is 5.76 Å². The number of aromatic amines is 1. The molecule has 0 amide bonds. The third-order valence-corrected chi connectivity index (χ3v) is 4.85. The molecule has 0 saturated carbocycles. The smallest absolute Gasteiger partial charge is 0.150 e. The highest BCUT2D eigenvalue weighted by Gasteiger charge is 2.32. The summed E-state index contributed by atoms with van der Waals surface area (Å²) in [7, 11) is 0. The molecule has 1 unspecified atom stereocenters. The van der Waals surface area contributed by atoms with Crippen LogP contribution < -0.4 is 0 Å². The largest absolute Gasteiger partial charge is 0.360 e. The summed E-state index contributed by atoms with van der Waals surface area (Å²) >= 11 is 0. The first-order valence-corrected chi connectivity index (χ1v) is 8.39. The summed E-state index contributed by atoms with van der Waals surface area (Å²) in [6.45, 7) is 8.43. The molecule has 4 nitrogen and oxygen atoms in total. The zero-order chi connectivity index (χ0) is 16.0. The van der Waals surface area contributed by atoms with E-state index < -0.39 is 0 Å². The van der Waals surface area contributed by atoms with Gasteiger partial charge in [-0.1, -0.05) is 37.2 Å². The molecule has 3 heterocycles. The molecule has 1 atom stereocenters. The number of nitrogens with one attached hydrogen (secondary N) is 1. The lowest BCUT2D eigenvalue weighted by Gasteiger charge is -2.37. The van der Waals surface area contributed by atoms with E-state index in [2.05, 4.69) is 53.2 Å². The van der Waals surface area contributed by atoms with Gasteiger partial charge in [-0.2, -0.15) is 0 Å². The van der Waals surface area contributed by atoms with Crippen molar-refractivity contribution >= 4 is 10.9 Å². The van der Waals surface area contributed by atoms with Crippen LogP contribution in [0, 0.1) is 12.8 Å². The minimum atomic E-state index is 0.386. The Morgan fingerprint density at radius 2 is 2.17 bits per heavy atom. The fraction of sp³-hybridized carbons (Fsp3) is 0.421. The van der Waals surface area contributed by atoms with Crippen LogP contribution in [0.4, 0.5) is 0 Å². The molecular formula is C19H23N3O. The standard InChI is InChI=1S/C19H23N3O/c1-12(2)19-18-16(15-6-4-5-7-17(15)20-18)8-9-22(19)11-14-10-13(3)21-23-14/h4-7,10,12,19-20H,8-9,11H2,1-3H3. The van der Waals surface area contributed by atoms with Gasteiger partial charge < -0.3 is 9.51 Å². The molecule has 0 saturated heterocycles. The van der Waals surface area contributed by atoms with Gasteiger partial charge in [0.2, 0.25) is 0 Å². The summed E-state index contributed by atoms with van der Waals surface area (Å²) in [6, 6.07) is 11.1. The van der Waals surface area contributed by atoms with E-state index >= 15 is 0 Å². The third-order valence-electron chi connectivity index (χ3n) is 4.85.